The highest BCUT2D eigenvalue weighted by Crippen LogP contribution is 2.35. The zero-order chi connectivity index (χ0) is 14.2. The molecule has 0 N–H and O–H groups in total. The number of hydrogen-bond donors (Lipinski definition) is 0. The number of alkyl halides is 1. The molecule has 2 aromatic carbocycles. The van der Waals surface area contributed by atoms with Crippen molar-refractivity contribution in [3.8, 4) is 0 Å². The Morgan fingerprint density at radius 1 is 0.842 bits per heavy atom. The number of halogens is 5. The second-order valence-electron chi connectivity index (χ2n) is 4.15. The SMILES string of the molecule is Cc1ccc(F)cc1C(Br)c1cc(F)c(F)cc1F. The van der Waals surface area contributed by atoms with E-state index < -0.39 is 28.1 Å². The first-order valence-electron chi connectivity index (χ1n) is 5.44. The first-order valence-corrected chi connectivity index (χ1v) is 6.36. The van der Waals surface area contributed by atoms with Crippen LogP contribution in [0.4, 0.5) is 17.6 Å². The van der Waals surface area contributed by atoms with Gasteiger partial charge in [0.25, 0.3) is 0 Å². The number of aryl methyl sites for hydroxylation is 1. The monoisotopic (exact) mass is 332 g/mol. The lowest BCUT2D eigenvalue weighted by molar-refractivity contribution is 0.491. The van der Waals surface area contributed by atoms with Gasteiger partial charge in [0.1, 0.15) is 11.6 Å². The highest BCUT2D eigenvalue weighted by molar-refractivity contribution is 9.09. The molecule has 100 valence electrons. The largest absolute Gasteiger partial charge is 0.207 e. The molecule has 2 aromatic rings. The van der Waals surface area contributed by atoms with Gasteiger partial charge in [0.15, 0.2) is 11.6 Å². The third-order valence-corrected chi connectivity index (χ3v) is 3.81. The molecule has 0 saturated heterocycles. The predicted octanol–water partition coefficient (Wildman–Crippen LogP) is 5.04. The van der Waals surface area contributed by atoms with Gasteiger partial charge in [-0.3, -0.25) is 0 Å². The molecule has 0 aliphatic heterocycles. The highest BCUT2D eigenvalue weighted by Gasteiger charge is 2.20. The molecule has 0 aliphatic carbocycles. The molecule has 2 rings (SSSR count). The zero-order valence-corrected chi connectivity index (χ0v) is 11.4. The Morgan fingerprint density at radius 2 is 1.47 bits per heavy atom. The number of rotatable bonds is 2. The van der Waals surface area contributed by atoms with Crippen LogP contribution < -0.4 is 0 Å². The van der Waals surface area contributed by atoms with E-state index in [0.29, 0.717) is 17.2 Å². The van der Waals surface area contributed by atoms with Crippen LogP contribution in [0.3, 0.4) is 0 Å². The van der Waals surface area contributed by atoms with Crippen molar-refractivity contribution in [2.45, 2.75) is 11.8 Å². The maximum atomic E-state index is 13.7. The fourth-order valence-corrected chi connectivity index (χ4v) is 2.63. The number of benzene rings is 2. The molecule has 1 atom stereocenters. The Morgan fingerprint density at radius 3 is 2.16 bits per heavy atom. The summed E-state index contributed by atoms with van der Waals surface area (Å²) in [5.41, 5.74) is 1.10. The lowest BCUT2D eigenvalue weighted by atomic mass is 9.99. The zero-order valence-electron chi connectivity index (χ0n) is 9.85. The van der Waals surface area contributed by atoms with Crippen LogP contribution in [0.5, 0.6) is 0 Å². The van der Waals surface area contributed by atoms with Crippen LogP contribution in [-0.4, -0.2) is 0 Å². The molecule has 0 spiro atoms. The minimum atomic E-state index is -1.25. The van der Waals surface area contributed by atoms with E-state index >= 15 is 0 Å². The van der Waals surface area contributed by atoms with E-state index in [1.807, 2.05) is 0 Å². The fourth-order valence-electron chi connectivity index (χ4n) is 1.78. The highest BCUT2D eigenvalue weighted by atomic mass is 79.9. The van der Waals surface area contributed by atoms with Crippen LogP contribution in [-0.2, 0) is 0 Å². The van der Waals surface area contributed by atoms with Crippen molar-refractivity contribution in [2.75, 3.05) is 0 Å². The van der Waals surface area contributed by atoms with Crippen LogP contribution in [0, 0.1) is 30.2 Å². The Bertz CT molecular complexity index is 625. The molecule has 0 aromatic heterocycles. The van der Waals surface area contributed by atoms with Gasteiger partial charge in [0.2, 0.25) is 0 Å². The molecule has 0 saturated carbocycles. The molecule has 0 heterocycles. The third kappa shape index (κ3) is 2.81. The molecule has 1 unspecified atom stereocenters. The van der Waals surface area contributed by atoms with Gasteiger partial charge in [-0.15, -0.1) is 0 Å². The fraction of sp³-hybridized carbons (Fsp3) is 0.143. The number of hydrogen-bond acceptors (Lipinski definition) is 0. The van der Waals surface area contributed by atoms with E-state index in [1.54, 1.807) is 6.92 Å². The molecule has 0 nitrogen and oxygen atoms in total. The Kier molecular flexibility index (Phi) is 3.94. The van der Waals surface area contributed by atoms with E-state index in [9.17, 15) is 17.6 Å². The summed E-state index contributed by atoms with van der Waals surface area (Å²) in [6, 6.07) is 5.30. The van der Waals surface area contributed by atoms with Crippen molar-refractivity contribution < 1.29 is 17.6 Å². The van der Waals surface area contributed by atoms with Crippen molar-refractivity contribution >= 4 is 15.9 Å². The van der Waals surface area contributed by atoms with Crippen LogP contribution in [0.15, 0.2) is 30.3 Å². The van der Waals surface area contributed by atoms with Gasteiger partial charge < -0.3 is 0 Å². The summed E-state index contributed by atoms with van der Waals surface area (Å²) < 4.78 is 52.9. The standard InChI is InChI=1S/C14H9BrF4/c1-7-2-3-8(16)4-9(7)14(15)10-5-12(18)13(19)6-11(10)17/h2-6,14H,1H3. The molecule has 0 amide bonds. The summed E-state index contributed by atoms with van der Waals surface area (Å²) in [5, 5.41) is 0. The summed E-state index contributed by atoms with van der Waals surface area (Å²) in [4.78, 5) is -0.752. The molecule has 5 heteroatoms. The van der Waals surface area contributed by atoms with Crippen molar-refractivity contribution in [2.24, 2.45) is 0 Å². The molecule has 0 fully saturated rings. The van der Waals surface area contributed by atoms with Crippen LogP contribution in [0.25, 0.3) is 0 Å². The van der Waals surface area contributed by atoms with Crippen LogP contribution in [0.1, 0.15) is 21.5 Å². The van der Waals surface area contributed by atoms with Gasteiger partial charge >= 0.3 is 0 Å². The minimum Gasteiger partial charge on any atom is -0.207 e. The smallest absolute Gasteiger partial charge is 0.161 e. The maximum Gasteiger partial charge on any atom is 0.161 e. The molecular formula is C14H9BrF4. The molecular weight excluding hydrogens is 324 g/mol. The lowest BCUT2D eigenvalue weighted by Gasteiger charge is -2.15. The molecule has 0 bridgehead atoms. The van der Waals surface area contributed by atoms with Crippen LogP contribution >= 0.6 is 15.9 Å². The first-order chi connectivity index (χ1) is 8.90. The normalized spacial score (nSPS) is 12.5. The topological polar surface area (TPSA) is 0 Å². The summed E-state index contributed by atoms with van der Waals surface area (Å²) in [5.74, 6) is -3.76. The average Bonchev–Trinajstić information content (AvgIpc) is 2.36. The Hall–Kier alpha value is -1.36. The molecule has 19 heavy (non-hydrogen) atoms. The molecule has 0 aliphatic rings. The maximum absolute atomic E-state index is 13.7. The van der Waals surface area contributed by atoms with Gasteiger partial charge in [0, 0.05) is 11.6 Å². The van der Waals surface area contributed by atoms with Gasteiger partial charge in [-0.25, -0.2) is 17.6 Å². The summed E-state index contributed by atoms with van der Waals surface area (Å²) in [7, 11) is 0. The summed E-state index contributed by atoms with van der Waals surface area (Å²) >= 11 is 3.19. The summed E-state index contributed by atoms with van der Waals surface area (Å²) in [6.45, 7) is 1.72. The predicted molar refractivity (Wildman–Crippen MR) is 68.2 cm³/mol. The lowest BCUT2D eigenvalue weighted by Crippen LogP contribution is -2.02. The van der Waals surface area contributed by atoms with Crippen molar-refractivity contribution in [1.82, 2.24) is 0 Å². The quantitative estimate of drug-likeness (QED) is 0.411. The van der Waals surface area contributed by atoms with E-state index in [2.05, 4.69) is 15.9 Å². The Labute approximate surface area is 116 Å². The van der Waals surface area contributed by atoms with Gasteiger partial charge in [-0.2, -0.15) is 0 Å². The molecule has 0 radical (unpaired) electrons. The third-order valence-electron chi connectivity index (χ3n) is 2.83. The van der Waals surface area contributed by atoms with E-state index in [4.69, 9.17) is 0 Å². The second-order valence-corrected chi connectivity index (χ2v) is 5.07. The minimum absolute atomic E-state index is 0.0763. The van der Waals surface area contributed by atoms with Gasteiger partial charge in [-0.1, -0.05) is 22.0 Å². The van der Waals surface area contributed by atoms with Gasteiger partial charge in [-0.05, 0) is 36.2 Å². The summed E-state index contributed by atoms with van der Waals surface area (Å²) in [6.07, 6.45) is 0. The average molecular weight is 333 g/mol. The first kappa shape index (κ1) is 14.1. The Balaban J connectivity index is 2.52. The van der Waals surface area contributed by atoms with E-state index in [-0.39, 0.29) is 5.56 Å². The van der Waals surface area contributed by atoms with E-state index in [1.165, 1.54) is 18.2 Å². The van der Waals surface area contributed by atoms with Crippen molar-refractivity contribution in [3.05, 3.63) is 70.3 Å². The van der Waals surface area contributed by atoms with Crippen molar-refractivity contribution in [3.63, 3.8) is 0 Å². The van der Waals surface area contributed by atoms with E-state index in [0.717, 1.165) is 6.07 Å². The second kappa shape index (κ2) is 5.33. The van der Waals surface area contributed by atoms with Gasteiger partial charge in [0.05, 0.1) is 4.83 Å². The van der Waals surface area contributed by atoms with Crippen LogP contribution in [0.2, 0.25) is 0 Å². The van der Waals surface area contributed by atoms with Crippen molar-refractivity contribution in [1.29, 1.82) is 0 Å².